The van der Waals surface area contributed by atoms with Gasteiger partial charge in [-0.2, -0.15) is 0 Å². The van der Waals surface area contributed by atoms with Crippen LogP contribution in [-0.2, 0) is 4.79 Å². The van der Waals surface area contributed by atoms with Crippen LogP contribution in [0.4, 0.5) is 5.69 Å². The molecule has 0 saturated heterocycles. The minimum absolute atomic E-state index is 0.173. The van der Waals surface area contributed by atoms with Crippen LogP contribution in [0.2, 0.25) is 5.02 Å². The van der Waals surface area contributed by atoms with Gasteiger partial charge in [-0.3, -0.25) is 4.79 Å². The highest BCUT2D eigenvalue weighted by Gasteiger charge is 2.17. The van der Waals surface area contributed by atoms with Gasteiger partial charge in [0.05, 0.1) is 0 Å². The third-order valence-electron chi connectivity index (χ3n) is 3.82. The van der Waals surface area contributed by atoms with Crippen LogP contribution in [0.15, 0.2) is 30.3 Å². The fraction of sp³-hybridized carbons (Fsp3) is 0.316. The lowest BCUT2D eigenvalue weighted by molar-refractivity contribution is -0.122. The van der Waals surface area contributed by atoms with E-state index in [1.165, 1.54) is 0 Å². The Morgan fingerprint density at radius 2 is 1.57 bits per heavy atom. The summed E-state index contributed by atoms with van der Waals surface area (Å²) in [6, 6.07) is 9.61. The maximum absolute atomic E-state index is 12.4. The van der Waals surface area contributed by atoms with Gasteiger partial charge in [-0.1, -0.05) is 29.8 Å². The number of carbonyl (C=O) groups is 1. The van der Waals surface area contributed by atoms with Gasteiger partial charge in [0.1, 0.15) is 5.75 Å². The lowest BCUT2D eigenvalue weighted by Crippen LogP contribution is -2.30. The van der Waals surface area contributed by atoms with E-state index in [2.05, 4.69) is 5.32 Å². The van der Waals surface area contributed by atoms with Gasteiger partial charge in [0, 0.05) is 10.7 Å². The molecule has 0 aliphatic heterocycles. The van der Waals surface area contributed by atoms with Crippen molar-refractivity contribution >= 4 is 23.2 Å². The smallest absolute Gasteiger partial charge is 0.265 e. The Kier molecular flexibility index (Phi) is 5.32. The van der Waals surface area contributed by atoms with Crippen LogP contribution in [0.25, 0.3) is 0 Å². The van der Waals surface area contributed by atoms with Crippen molar-refractivity contribution in [1.82, 2.24) is 0 Å². The first-order chi connectivity index (χ1) is 10.8. The van der Waals surface area contributed by atoms with Gasteiger partial charge in [-0.05, 0) is 69.0 Å². The van der Waals surface area contributed by atoms with Gasteiger partial charge in [0.25, 0.3) is 5.91 Å². The number of benzene rings is 2. The Hall–Kier alpha value is -2.00. The highest BCUT2D eigenvalue weighted by molar-refractivity contribution is 6.32. The van der Waals surface area contributed by atoms with E-state index in [4.69, 9.17) is 16.3 Å². The van der Waals surface area contributed by atoms with E-state index >= 15 is 0 Å². The fourth-order valence-corrected chi connectivity index (χ4v) is 2.58. The molecule has 1 atom stereocenters. The summed E-state index contributed by atoms with van der Waals surface area (Å²) in [5.74, 6) is 0.473. The van der Waals surface area contributed by atoms with Crippen LogP contribution in [0.5, 0.6) is 5.75 Å². The van der Waals surface area contributed by atoms with Crippen molar-refractivity contribution in [2.24, 2.45) is 0 Å². The maximum atomic E-state index is 12.4. The molecule has 122 valence electrons. The van der Waals surface area contributed by atoms with Crippen LogP contribution in [0.1, 0.15) is 29.2 Å². The number of carbonyl (C=O) groups excluding carboxylic acids is 1. The Morgan fingerprint density at radius 3 is 2.09 bits per heavy atom. The minimum Gasteiger partial charge on any atom is -0.481 e. The van der Waals surface area contributed by atoms with E-state index in [1.54, 1.807) is 6.92 Å². The molecule has 0 aromatic heterocycles. The van der Waals surface area contributed by atoms with Crippen molar-refractivity contribution < 1.29 is 9.53 Å². The normalized spacial score (nSPS) is 11.9. The lowest BCUT2D eigenvalue weighted by Gasteiger charge is -2.18. The summed E-state index contributed by atoms with van der Waals surface area (Å²) in [5.41, 5.74) is 4.77. The predicted octanol–water partition coefficient (Wildman–Crippen LogP) is 4.98. The topological polar surface area (TPSA) is 38.3 Å². The first-order valence-corrected chi connectivity index (χ1v) is 7.98. The molecule has 0 bridgehead atoms. The molecule has 4 heteroatoms. The van der Waals surface area contributed by atoms with Gasteiger partial charge in [0.2, 0.25) is 0 Å². The Bertz CT molecular complexity index is 697. The van der Waals surface area contributed by atoms with Crippen molar-refractivity contribution in [2.45, 2.75) is 40.7 Å². The molecule has 2 aromatic carbocycles. The Balaban J connectivity index is 2.12. The highest BCUT2D eigenvalue weighted by Crippen LogP contribution is 2.27. The molecule has 0 saturated carbocycles. The van der Waals surface area contributed by atoms with Crippen LogP contribution in [-0.4, -0.2) is 12.0 Å². The van der Waals surface area contributed by atoms with Crippen molar-refractivity contribution in [1.29, 1.82) is 0 Å². The lowest BCUT2D eigenvalue weighted by atomic mass is 10.1. The average molecular weight is 332 g/mol. The third-order valence-corrected chi connectivity index (χ3v) is 4.42. The Labute approximate surface area is 142 Å². The van der Waals surface area contributed by atoms with Crippen molar-refractivity contribution in [3.05, 3.63) is 57.6 Å². The molecule has 0 spiro atoms. The van der Waals surface area contributed by atoms with E-state index in [-0.39, 0.29) is 5.91 Å². The van der Waals surface area contributed by atoms with E-state index < -0.39 is 6.10 Å². The number of ether oxygens (including phenoxy) is 1. The molecular formula is C19H22ClNO2. The summed E-state index contributed by atoms with van der Waals surface area (Å²) < 4.78 is 5.77. The van der Waals surface area contributed by atoms with E-state index in [1.807, 2.05) is 58.0 Å². The van der Waals surface area contributed by atoms with Gasteiger partial charge in [-0.25, -0.2) is 0 Å². The molecule has 0 aliphatic carbocycles. The zero-order valence-corrected chi connectivity index (χ0v) is 14.9. The molecule has 0 unspecified atom stereocenters. The van der Waals surface area contributed by atoms with E-state index in [9.17, 15) is 4.79 Å². The van der Waals surface area contributed by atoms with Gasteiger partial charge >= 0.3 is 0 Å². The van der Waals surface area contributed by atoms with E-state index in [0.717, 1.165) is 33.0 Å². The van der Waals surface area contributed by atoms with Crippen LogP contribution in [0, 0.1) is 27.7 Å². The molecule has 0 heterocycles. The van der Waals surface area contributed by atoms with E-state index in [0.29, 0.717) is 5.75 Å². The summed E-state index contributed by atoms with van der Waals surface area (Å²) in [7, 11) is 0. The quantitative estimate of drug-likeness (QED) is 0.858. The molecular weight excluding hydrogens is 310 g/mol. The largest absolute Gasteiger partial charge is 0.481 e. The highest BCUT2D eigenvalue weighted by atomic mass is 35.5. The van der Waals surface area contributed by atoms with Gasteiger partial charge in [-0.15, -0.1) is 0 Å². The second kappa shape index (κ2) is 7.05. The van der Waals surface area contributed by atoms with Crippen molar-refractivity contribution in [2.75, 3.05) is 5.32 Å². The summed E-state index contributed by atoms with van der Waals surface area (Å²) in [6.45, 7) is 9.52. The van der Waals surface area contributed by atoms with Gasteiger partial charge < -0.3 is 10.1 Å². The summed E-state index contributed by atoms with van der Waals surface area (Å²) in [4.78, 5) is 12.4. The molecule has 2 aromatic rings. The molecule has 0 aliphatic rings. The summed E-state index contributed by atoms with van der Waals surface area (Å²) in [5, 5.41) is 3.68. The van der Waals surface area contributed by atoms with Crippen molar-refractivity contribution in [3.8, 4) is 5.75 Å². The number of anilines is 1. The number of aryl methyl sites for hydroxylation is 4. The number of nitrogens with one attached hydrogen (secondary N) is 1. The molecule has 1 amide bonds. The number of rotatable bonds is 4. The zero-order chi connectivity index (χ0) is 17.1. The third kappa shape index (κ3) is 4.05. The Morgan fingerprint density at radius 1 is 1.04 bits per heavy atom. The maximum Gasteiger partial charge on any atom is 0.265 e. The molecule has 2 rings (SSSR count). The number of para-hydroxylation sites is 1. The van der Waals surface area contributed by atoms with Crippen molar-refractivity contribution in [3.63, 3.8) is 0 Å². The molecule has 0 radical (unpaired) electrons. The second-order valence-electron chi connectivity index (χ2n) is 5.89. The first kappa shape index (κ1) is 17.4. The predicted molar refractivity (Wildman–Crippen MR) is 95.6 cm³/mol. The summed E-state index contributed by atoms with van der Waals surface area (Å²) in [6.07, 6.45) is -0.603. The molecule has 0 fully saturated rings. The fourth-order valence-electron chi connectivity index (χ4n) is 2.47. The molecule has 1 N–H and O–H groups in total. The standard InChI is InChI=1S/C19H22ClNO2/c1-11-7-6-8-12(2)18(11)21-19(22)15(5)23-16-9-13(3)17(20)14(4)10-16/h6-10,15H,1-5H3,(H,21,22)/t15-/m0/s1. The summed E-state index contributed by atoms with van der Waals surface area (Å²) >= 11 is 6.16. The van der Waals surface area contributed by atoms with Crippen LogP contribution < -0.4 is 10.1 Å². The zero-order valence-electron chi connectivity index (χ0n) is 14.2. The second-order valence-corrected chi connectivity index (χ2v) is 6.27. The number of hydrogen-bond donors (Lipinski definition) is 1. The van der Waals surface area contributed by atoms with Gasteiger partial charge in [0.15, 0.2) is 6.10 Å². The minimum atomic E-state index is -0.603. The number of hydrogen-bond acceptors (Lipinski definition) is 2. The number of halogens is 1. The average Bonchev–Trinajstić information content (AvgIpc) is 2.48. The monoisotopic (exact) mass is 331 g/mol. The molecule has 23 heavy (non-hydrogen) atoms. The van der Waals surface area contributed by atoms with Crippen LogP contribution >= 0.6 is 11.6 Å². The van der Waals surface area contributed by atoms with Crippen LogP contribution in [0.3, 0.4) is 0 Å². The molecule has 3 nitrogen and oxygen atoms in total. The number of amides is 1. The SMILES string of the molecule is Cc1cc(O[C@@H](C)C(=O)Nc2c(C)cccc2C)cc(C)c1Cl. The first-order valence-electron chi connectivity index (χ1n) is 7.60.